The molecule has 0 bridgehead atoms. The van der Waals surface area contributed by atoms with Gasteiger partial charge < -0.3 is 4.74 Å². The van der Waals surface area contributed by atoms with Crippen LogP contribution < -0.4 is 0 Å². The van der Waals surface area contributed by atoms with Crippen molar-refractivity contribution in [2.24, 2.45) is 0 Å². The molecule has 0 spiro atoms. The first-order valence-corrected chi connectivity index (χ1v) is 3.66. The van der Waals surface area contributed by atoms with Gasteiger partial charge in [0.15, 0.2) is 0 Å². The Morgan fingerprint density at radius 2 is 2.40 bits per heavy atom. The van der Waals surface area contributed by atoms with Gasteiger partial charge in [-0.25, -0.2) is 4.39 Å². The highest BCUT2D eigenvalue weighted by Crippen LogP contribution is 2.33. The summed E-state index contributed by atoms with van der Waals surface area (Å²) in [5.74, 6) is 0. The van der Waals surface area contributed by atoms with Crippen molar-refractivity contribution in [3.8, 4) is 0 Å². The Bertz CT molecular complexity index is 127. The van der Waals surface area contributed by atoms with Crippen LogP contribution in [0.4, 0.5) is 4.39 Å². The van der Waals surface area contributed by atoms with E-state index in [1.54, 1.807) is 0 Å². The molecular weight excluding hydrogens is 130 g/mol. The molecule has 0 aliphatic carbocycles. The first-order valence-electron chi connectivity index (χ1n) is 3.66. The van der Waals surface area contributed by atoms with E-state index in [1.807, 2.05) is 6.92 Å². The van der Waals surface area contributed by atoms with E-state index >= 15 is 0 Å². The Morgan fingerprint density at radius 3 is 2.60 bits per heavy atom. The van der Waals surface area contributed by atoms with Gasteiger partial charge in [-0.15, -0.1) is 0 Å². The number of hydrogen-bond donors (Lipinski definition) is 0. The summed E-state index contributed by atoms with van der Waals surface area (Å²) in [5.41, 5.74) is -1.32. The summed E-state index contributed by atoms with van der Waals surface area (Å²) in [6.45, 7) is 3.46. The molecular formula is C7H12BFO. The van der Waals surface area contributed by atoms with Crippen LogP contribution in [0.3, 0.4) is 0 Å². The van der Waals surface area contributed by atoms with Gasteiger partial charge in [-0.2, -0.15) is 0 Å². The summed E-state index contributed by atoms with van der Waals surface area (Å²) in [6, 6.07) is -0.725. The molecule has 1 rings (SSSR count). The summed E-state index contributed by atoms with van der Waals surface area (Å²) in [7, 11) is 5.38. The normalized spacial score (nSPS) is 47.9. The fourth-order valence-corrected chi connectivity index (χ4v) is 1.20. The second kappa shape index (κ2) is 2.53. The average Bonchev–Trinajstić information content (AvgIpc) is 2.08. The minimum Gasteiger partial charge on any atom is -0.381 e. The highest BCUT2D eigenvalue weighted by atomic mass is 19.1. The van der Waals surface area contributed by atoms with Crippen LogP contribution in [0, 0.1) is 0 Å². The minimum absolute atomic E-state index is 0.0185. The largest absolute Gasteiger partial charge is 0.381 e. The Labute approximate surface area is 62.4 Å². The van der Waals surface area contributed by atoms with Crippen LogP contribution in [0.5, 0.6) is 0 Å². The van der Waals surface area contributed by atoms with Crippen molar-refractivity contribution < 1.29 is 9.13 Å². The summed E-state index contributed by atoms with van der Waals surface area (Å²) < 4.78 is 18.3. The molecule has 1 unspecified atom stereocenters. The molecule has 10 heavy (non-hydrogen) atoms. The van der Waals surface area contributed by atoms with E-state index in [0.717, 1.165) is 6.42 Å². The van der Waals surface area contributed by atoms with Crippen molar-refractivity contribution in [1.29, 1.82) is 0 Å². The Morgan fingerprint density at radius 1 is 1.80 bits per heavy atom. The van der Waals surface area contributed by atoms with Gasteiger partial charge in [-0.05, 0) is 13.3 Å². The third-order valence-electron chi connectivity index (χ3n) is 2.01. The molecule has 1 aliphatic heterocycles. The van der Waals surface area contributed by atoms with E-state index in [0.29, 0.717) is 6.42 Å². The zero-order valence-electron chi connectivity index (χ0n) is 6.43. The zero-order valence-corrected chi connectivity index (χ0v) is 6.43. The first kappa shape index (κ1) is 8.06. The van der Waals surface area contributed by atoms with Crippen LogP contribution in [-0.2, 0) is 4.74 Å². The molecule has 1 saturated heterocycles. The van der Waals surface area contributed by atoms with Crippen LogP contribution in [0.15, 0.2) is 0 Å². The van der Waals surface area contributed by atoms with Crippen LogP contribution in [0.2, 0.25) is 0 Å². The highest BCUT2D eigenvalue weighted by molar-refractivity contribution is 6.12. The molecule has 56 valence electrons. The second-order valence-electron chi connectivity index (χ2n) is 3.07. The van der Waals surface area contributed by atoms with E-state index in [9.17, 15) is 4.39 Å². The lowest BCUT2D eigenvalue weighted by Crippen LogP contribution is -2.29. The van der Waals surface area contributed by atoms with Gasteiger partial charge in [-0.3, -0.25) is 0 Å². The van der Waals surface area contributed by atoms with Crippen LogP contribution in [0.1, 0.15) is 26.7 Å². The molecule has 1 fully saturated rings. The van der Waals surface area contributed by atoms with Crippen molar-refractivity contribution in [1.82, 2.24) is 0 Å². The predicted molar refractivity (Wildman–Crippen MR) is 38.8 cm³/mol. The lowest BCUT2D eigenvalue weighted by atomic mass is 9.85. The number of rotatable bonds is 1. The molecule has 0 amide bonds. The maximum atomic E-state index is 13.2. The van der Waals surface area contributed by atoms with Crippen LogP contribution in [0.25, 0.3) is 0 Å². The van der Waals surface area contributed by atoms with Crippen molar-refractivity contribution in [2.45, 2.75) is 44.5 Å². The third-order valence-corrected chi connectivity index (χ3v) is 2.01. The number of ether oxygens (including phenoxy) is 1. The van der Waals surface area contributed by atoms with Crippen molar-refractivity contribution in [3.63, 3.8) is 0 Å². The van der Waals surface area contributed by atoms with Gasteiger partial charge in [0.1, 0.15) is 13.5 Å². The van der Waals surface area contributed by atoms with Gasteiger partial charge in [0, 0.05) is 6.42 Å². The fraction of sp³-hybridized carbons (Fsp3) is 1.00. The zero-order chi connectivity index (χ0) is 7.78. The number of hydrogen-bond acceptors (Lipinski definition) is 1. The van der Waals surface area contributed by atoms with E-state index in [2.05, 4.69) is 0 Å². The average molecular weight is 142 g/mol. The van der Waals surface area contributed by atoms with Gasteiger partial charge in [0.2, 0.25) is 0 Å². The Balaban J connectivity index is 2.53. The minimum atomic E-state index is -1.32. The smallest absolute Gasteiger partial charge is 0.128 e. The van der Waals surface area contributed by atoms with Gasteiger partial charge >= 0.3 is 0 Å². The second-order valence-corrected chi connectivity index (χ2v) is 3.07. The molecule has 3 heteroatoms. The van der Waals surface area contributed by atoms with Crippen LogP contribution in [-0.4, -0.2) is 25.6 Å². The molecule has 1 aliphatic rings. The number of alkyl halides is 1. The molecule has 0 saturated carbocycles. The van der Waals surface area contributed by atoms with Gasteiger partial charge in [0.05, 0.1) is 12.1 Å². The Hall–Kier alpha value is -0.0451. The lowest BCUT2D eigenvalue weighted by molar-refractivity contribution is 0.0546. The van der Waals surface area contributed by atoms with E-state index < -0.39 is 11.7 Å². The van der Waals surface area contributed by atoms with Crippen molar-refractivity contribution in [2.75, 3.05) is 0 Å². The topological polar surface area (TPSA) is 9.23 Å². The molecule has 0 aromatic carbocycles. The molecule has 0 aromatic rings. The van der Waals surface area contributed by atoms with E-state index in [1.165, 1.54) is 6.92 Å². The summed E-state index contributed by atoms with van der Waals surface area (Å²) in [6.07, 6.45) is 1.29. The maximum absolute atomic E-state index is 13.2. The summed E-state index contributed by atoms with van der Waals surface area (Å²) >= 11 is 0. The predicted octanol–water partition coefficient (Wildman–Crippen LogP) is 1.41. The molecule has 2 radical (unpaired) electrons. The van der Waals surface area contributed by atoms with Gasteiger partial charge in [0.25, 0.3) is 0 Å². The number of halogens is 1. The third kappa shape index (κ3) is 1.34. The van der Waals surface area contributed by atoms with E-state index in [-0.39, 0.29) is 6.10 Å². The van der Waals surface area contributed by atoms with Crippen molar-refractivity contribution in [3.05, 3.63) is 0 Å². The Kier molecular flexibility index (Phi) is 2.04. The van der Waals surface area contributed by atoms with E-state index in [4.69, 9.17) is 12.6 Å². The SMILES string of the molecule is [B][C@@H]1OC(CC)C[C@@]1(C)F. The fourth-order valence-electron chi connectivity index (χ4n) is 1.20. The monoisotopic (exact) mass is 142 g/mol. The quantitative estimate of drug-likeness (QED) is 0.503. The van der Waals surface area contributed by atoms with Gasteiger partial charge in [-0.1, -0.05) is 6.92 Å². The lowest BCUT2D eigenvalue weighted by Gasteiger charge is -2.16. The van der Waals surface area contributed by atoms with Crippen LogP contribution >= 0.6 is 0 Å². The van der Waals surface area contributed by atoms with Crippen molar-refractivity contribution >= 4 is 7.85 Å². The molecule has 0 N–H and O–H groups in total. The first-order chi connectivity index (χ1) is 4.56. The maximum Gasteiger partial charge on any atom is 0.128 e. The summed E-state index contributed by atoms with van der Waals surface area (Å²) in [4.78, 5) is 0. The standard InChI is InChI=1S/C7H12BFO/c1-3-5-4-7(2,9)6(8)10-5/h5-6H,3-4H2,1-2H3/t5?,6-,7-/m1/s1. The molecule has 3 atom stereocenters. The molecule has 0 aromatic heterocycles. The molecule has 1 heterocycles. The molecule has 1 nitrogen and oxygen atoms in total. The highest BCUT2D eigenvalue weighted by Gasteiger charge is 2.41. The summed E-state index contributed by atoms with van der Waals surface area (Å²) in [5, 5.41) is 0.